The van der Waals surface area contributed by atoms with Gasteiger partial charge in [0.2, 0.25) is 11.6 Å². The molecular weight excluding hydrogens is 389 g/mol. The van der Waals surface area contributed by atoms with Crippen LogP contribution in [-0.4, -0.2) is 53.7 Å². The van der Waals surface area contributed by atoms with Crippen molar-refractivity contribution in [3.05, 3.63) is 35.3 Å². The van der Waals surface area contributed by atoms with Crippen LogP contribution in [0.5, 0.6) is 5.88 Å². The number of aromatic nitrogens is 2. The molecular formula is C21H24FN5O3. The number of furan rings is 1. The highest BCUT2D eigenvalue weighted by molar-refractivity contribution is 5.95. The summed E-state index contributed by atoms with van der Waals surface area (Å²) < 4.78 is 26.4. The molecule has 2 amide bonds. The summed E-state index contributed by atoms with van der Waals surface area (Å²) in [6, 6.07) is 4.57. The standard InChI is InChI=1S/C21H24FN5O3/c1-4-29-20-18(24-16-11-13(3)30-19(16)26-20)17-14(22)9-12(2)10-15(17)25-21(28)27-7-5-23-6-8-27/h9-11,23H,4-8H2,1-3H3,(H,25,28). The molecule has 4 rings (SSSR count). The van der Waals surface area contributed by atoms with Crippen LogP contribution in [0.3, 0.4) is 0 Å². The molecule has 1 aromatic carbocycles. The van der Waals surface area contributed by atoms with E-state index >= 15 is 4.39 Å². The molecule has 2 aromatic heterocycles. The van der Waals surface area contributed by atoms with Crippen molar-refractivity contribution in [2.24, 2.45) is 0 Å². The Hall–Kier alpha value is -3.20. The van der Waals surface area contributed by atoms with E-state index in [-0.39, 0.29) is 23.2 Å². The number of aryl methyl sites for hydroxylation is 2. The van der Waals surface area contributed by atoms with E-state index in [4.69, 9.17) is 9.15 Å². The van der Waals surface area contributed by atoms with Crippen molar-refractivity contribution in [3.63, 3.8) is 0 Å². The number of nitrogens with zero attached hydrogens (tertiary/aromatic N) is 3. The number of halogens is 1. The number of benzene rings is 1. The third-order valence-corrected chi connectivity index (χ3v) is 4.85. The van der Waals surface area contributed by atoms with Crippen LogP contribution >= 0.6 is 0 Å². The van der Waals surface area contributed by atoms with Gasteiger partial charge in [-0.05, 0) is 38.5 Å². The van der Waals surface area contributed by atoms with E-state index in [0.29, 0.717) is 47.9 Å². The van der Waals surface area contributed by atoms with E-state index in [9.17, 15) is 4.79 Å². The number of carbonyl (C=O) groups excluding carboxylic acids is 1. The average Bonchev–Trinajstić information content (AvgIpc) is 3.07. The van der Waals surface area contributed by atoms with Crippen molar-refractivity contribution in [1.29, 1.82) is 0 Å². The third-order valence-electron chi connectivity index (χ3n) is 4.85. The van der Waals surface area contributed by atoms with Crippen LogP contribution in [0, 0.1) is 19.7 Å². The van der Waals surface area contributed by atoms with Gasteiger partial charge in [-0.3, -0.25) is 0 Å². The summed E-state index contributed by atoms with van der Waals surface area (Å²) in [5, 5.41) is 6.06. The number of anilines is 1. The Bertz CT molecular complexity index is 1090. The van der Waals surface area contributed by atoms with Crippen molar-refractivity contribution in [3.8, 4) is 17.1 Å². The molecule has 8 nitrogen and oxygen atoms in total. The lowest BCUT2D eigenvalue weighted by molar-refractivity contribution is 0.204. The molecule has 0 saturated carbocycles. The van der Waals surface area contributed by atoms with Gasteiger partial charge < -0.3 is 24.7 Å². The van der Waals surface area contributed by atoms with Gasteiger partial charge in [0, 0.05) is 32.2 Å². The van der Waals surface area contributed by atoms with Gasteiger partial charge in [0.1, 0.15) is 22.8 Å². The Morgan fingerprint density at radius 2 is 2.03 bits per heavy atom. The number of nitrogens with one attached hydrogen (secondary N) is 2. The van der Waals surface area contributed by atoms with E-state index in [0.717, 1.165) is 13.1 Å². The second-order valence-electron chi connectivity index (χ2n) is 7.19. The van der Waals surface area contributed by atoms with Gasteiger partial charge in [-0.15, -0.1) is 0 Å². The van der Waals surface area contributed by atoms with E-state index in [2.05, 4.69) is 20.6 Å². The molecule has 158 valence electrons. The first kappa shape index (κ1) is 20.1. The van der Waals surface area contributed by atoms with E-state index < -0.39 is 5.82 Å². The van der Waals surface area contributed by atoms with Crippen LogP contribution in [-0.2, 0) is 0 Å². The fraction of sp³-hybridized carbons (Fsp3) is 0.381. The molecule has 0 radical (unpaired) electrons. The van der Waals surface area contributed by atoms with Gasteiger partial charge in [0.15, 0.2) is 0 Å². The zero-order chi connectivity index (χ0) is 21.3. The van der Waals surface area contributed by atoms with Crippen LogP contribution in [0.4, 0.5) is 14.9 Å². The number of hydrogen-bond acceptors (Lipinski definition) is 6. The normalized spacial score (nSPS) is 14.2. The SMILES string of the molecule is CCOc1nc2oc(C)cc2nc1-c1c(F)cc(C)cc1NC(=O)N1CCNCC1. The van der Waals surface area contributed by atoms with E-state index in [1.54, 1.807) is 30.9 Å². The number of carbonyl (C=O) groups is 1. The summed E-state index contributed by atoms with van der Waals surface area (Å²) in [6.07, 6.45) is 0. The zero-order valence-electron chi connectivity index (χ0n) is 17.2. The zero-order valence-corrected chi connectivity index (χ0v) is 17.2. The predicted molar refractivity (Wildman–Crippen MR) is 111 cm³/mol. The summed E-state index contributed by atoms with van der Waals surface area (Å²) in [7, 11) is 0. The lowest BCUT2D eigenvalue weighted by Crippen LogP contribution is -2.48. The molecule has 30 heavy (non-hydrogen) atoms. The number of hydrogen-bond donors (Lipinski definition) is 2. The van der Waals surface area contributed by atoms with Crippen LogP contribution in [0.15, 0.2) is 22.6 Å². The van der Waals surface area contributed by atoms with Crippen molar-refractivity contribution < 1.29 is 18.3 Å². The fourth-order valence-electron chi connectivity index (χ4n) is 3.51. The minimum absolute atomic E-state index is 0.140. The van der Waals surface area contributed by atoms with Gasteiger partial charge in [-0.2, -0.15) is 4.98 Å². The molecule has 0 unspecified atom stereocenters. The lowest BCUT2D eigenvalue weighted by atomic mass is 10.1. The van der Waals surface area contributed by atoms with E-state index in [1.165, 1.54) is 6.07 Å². The molecule has 3 heterocycles. The van der Waals surface area contributed by atoms with Crippen molar-refractivity contribution >= 4 is 22.9 Å². The highest BCUT2D eigenvalue weighted by Gasteiger charge is 2.24. The van der Waals surface area contributed by atoms with Crippen LogP contribution in [0.1, 0.15) is 18.2 Å². The number of urea groups is 1. The summed E-state index contributed by atoms with van der Waals surface area (Å²) >= 11 is 0. The van der Waals surface area contributed by atoms with Gasteiger partial charge in [0.05, 0.1) is 17.9 Å². The maximum Gasteiger partial charge on any atom is 0.321 e. The lowest BCUT2D eigenvalue weighted by Gasteiger charge is -2.28. The topological polar surface area (TPSA) is 92.5 Å². The first-order valence-electron chi connectivity index (χ1n) is 9.94. The van der Waals surface area contributed by atoms with Crippen LogP contribution < -0.4 is 15.4 Å². The molecule has 0 bridgehead atoms. The highest BCUT2D eigenvalue weighted by atomic mass is 19.1. The van der Waals surface area contributed by atoms with Gasteiger partial charge >= 0.3 is 6.03 Å². The van der Waals surface area contributed by atoms with Gasteiger partial charge in [-0.1, -0.05) is 0 Å². The first-order valence-corrected chi connectivity index (χ1v) is 9.94. The summed E-state index contributed by atoms with van der Waals surface area (Å²) in [4.78, 5) is 23.4. The molecule has 1 saturated heterocycles. The Balaban J connectivity index is 1.82. The molecule has 3 aromatic rings. The predicted octanol–water partition coefficient (Wildman–Crippen LogP) is 3.48. The maximum atomic E-state index is 15.2. The quantitative estimate of drug-likeness (QED) is 0.680. The largest absolute Gasteiger partial charge is 0.476 e. The number of fused-ring (bicyclic) bond motifs is 1. The molecule has 2 N–H and O–H groups in total. The summed E-state index contributed by atoms with van der Waals surface area (Å²) in [5.41, 5.74) is 2.17. The fourth-order valence-corrected chi connectivity index (χ4v) is 3.51. The molecule has 0 aliphatic carbocycles. The monoisotopic (exact) mass is 413 g/mol. The maximum absolute atomic E-state index is 15.2. The summed E-state index contributed by atoms with van der Waals surface area (Å²) in [6.45, 7) is 8.29. The highest BCUT2D eigenvalue weighted by Crippen LogP contribution is 2.37. The average molecular weight is 413 g/mol. The molecule has 1 aliphatic rings. The van der Waals surface area contributed by atoms with Crippen molar-refractivity contribution in [2.45, 2.75) is 20.8 Å². The second-order valence-corrected chi connectivity index (χ2v) is 7.19. The first-order chi connectivity index (χ1) is 14.5. The van der Waals surface area contributed by atoms with Crippen LogP contribution in [0.2, 0.25) is 0 Å². The smallest absolute Gasteiger partial charge is 0.321 e. The van der Waals surface area contributed by atoms with E-state index in [1.807, 2.05) is 6.92 Å². The number of ether oxygens (including phenoxy) is 1. The Morgan fingerprint density at radius 3 is 2.77 bits per heavy atom. The molecule has 0 atom stereocenters. The van der Waals surface area contributed by atoms with Crippen LogP contribution in [0.25, 0.3) is 22.5 Å². The molecule has 1 fully saturated rings. The number of amides is 2. The Morgan fingerprint density at radius 1 is 1.27 bits per heavy atom. The number of rotatable bonds is 4. The van der Waals surface area contributed by atoms with Crippen molar-refractivity contribution in [2.75, 3.05) is 38.1 Å². The minimum Gasteiger partial charge on any atom is -0.476 e. The van der Waals surface area contributed by atoms with Gasteiger partial charge in [0.25, 0.3) is 0 Å². The number of piperazine rings is 1. The van der Waals surface area contributed by atoms with Gasteiger partial charge in [-0.25, -0.2) is 14.2 Å². The Kier molecular flexibility index (Phi) is 5.54. The molecule has 0 spiro atoms. The Labute approximate surface area is 173 Å². The summed E-state index contributed by atoms with van der Waals surface area (Å²) in [5.74, 6) is 0.279. The third kappa shape index (κ3) is 3.93. The van der Waals surface area contributed by atoms with Crippen molar-refractivity contribution in [1.82, 2.24) is 20.2 Å². The second kappa shape index (κ2) is 8.27. The minimum atomic E-state index is -0.513. The molecule has 1 aliphatic heterocycles. The molecule has 9 heteroatoms.